The van der Waals surface area contributed by atoms with Crippen LogP contribution in [0.4, 0.5) is 0 Å². The van der Waals surface area contributed by atoms with E-state index in [4.69, 9.17) is 0 Å². The van der Waals surface area contributed by atoms with E-state index in [2.05, 4.69) is 29.0 Å². The van der Waals surface area contributed by atoms with E-state index in [9.17, 15) is 0 Å². The van der Waals surface area contributed by atoms with Crippen LogP contribution >= 0.6 is 0 Å². The van der Waals surface area contributed by atoms with Gasteiger partial charge in [-0.25, -0.2) is 0 Å². The molecule has 0 aliphatic carbocycles. The molecule has 0 bridgehead atoms. The highest BCUT2D eigenvalue weighted by Gasteiger charge is 2.23. The monoisotopic (exact) mass is 253 g/mol. The van der Waals surface area contributed by atoms with Crippen LogP contribution in [0.2, 0.25) is 0 Å². The third-order valence-electron chi connectivity index (χ3n) is 4.53. The van der Waals surface area contributed by atoms with Crippen molar-refractivity contribution in [3.8, 4) is 0 Å². The van der Waals surface area contributed by atoms with E-state index >= 15 is 0 Å². The zero-order chi connectivity index (χ0) is 12.8. The summed E-state index contributed by atoms with van der Waals surface area (Å²) in [6.45, 7) is 12.2. The summed E-state index contributed by atoms with van der Waals surface area (Å²) in [5.41, 5.74) is 0. The molecule has 0 spiro atoms. The van der Waals surface area contributed by atoms with Gasteiger partial charge in [0.25, 0.3) is 0 Å². The predicted octanol–water partition coefficient (Wildman–Crippen LogP) is 1.93. The molecule has 2 aliphatic rings. The van der Waals surface area contributed by atoms with Crippen molar-refractivity contribution in [2.45, 2.75) is 58.0 Å². The standard InChI is InChI=1S/C15H31N3/c1-3-16-15-8-7-9-17(13-15)12-14(2)18-10-5-4-6-11-18/h14-16H,3-13H2,1-2H3. The molecule has 0 amide bonds. The maximum absolute atomic E-state index is 3.61. The van der Waals surface area contributed by atoms with Crippen molar-refractivity contribution >= 4 is 0 Å². The fourth-order valence-electron chi connectivity index (χ4n) is 3.52. The molecule has 1 N–H and O–H groups in total. The maximum atomic E-state index is 3.61. The summed E-state index contributed by atoms with van der Waals surface area (Å²) in [5, 5.41) is 3.61. The van der Waals surface area contributed by atoms with Gasteiger partial charge in [0.1, 0.15) is 0 Å². The summed E-state index contributed by atoms with van der Waals surface area (Å²) >= 11 is 0. The Hall–Kier alpha value is -0.120. The number of nitrogens with one attached hydrogen (secondary N) is 1. The molecule has 0 saturated carbocycles. The molecule has 2 unspecified atom stereocenters. The summed E-state index contributed by atoms with van der Waals surface area (Å²) in [4.78, 5) is 5.37. The van der Waals surface area contributed by atoms with Gasteiger partial charge in [-0.1, -0.05) is 13.3 Å². The average Bonchev–Trinajstić information content (AvgIpc) is 2.40. The Bertz CT molecular complexity index is 224. The predicted molar refractivity (Wildman–Crippen MR) is 78.0 cm³/mol. The molecule has 3 nitrogen and oxygen atoms in total. The van der Waals surface area contributed by atoms with Crippen molar-refractivity contribution in [3.63, 3.8) is 0 Å². The zero-order valence-corrected chi connectivity index (χ0v) is 12.3. The number of likely N-dealkylation sites (N-methyl/N-ethyl adjacent to an activating group) is 1. The largest absolute Gasteiger partial charge is 0.313 e. The van der Waals surface area contributed by atoms with E-state index < -0.39 is 0 Å². The second-order valence-corrected chi connectivity index (χ2v) is 6.10. The Morgan fingerprint density at radius 2 is 1.89 bits per heavy atom. The van der Waals surface area contributed by atoms with Gasteiger partial charge in [-0.2, -0.15) is 0 Å². The van der Waals surface area contributed by atoms with Gasteiger partial charge in [0.15, 0.2) is 0 Å². The molecular weight excluding hydrogens is 222 g/mol. The van der Waals surface area contributed by atoms with Crippen LogP contribution in [0.1, 0.15) is 46.0 Å². The Kier molecular flexibility index (Phi) is 5.93. The van der Waals surface area contributed by atoms with Gasteiger partial charge in [-0.15, -0.1) is 0 Å². The molecule has 0 radical (unpaired) electrons. The quantitative estimate of drug-likeness (QED) is 0.808. The summed E-state index contributed by atoms with van der Waals surface area (Å²) in [5.74, 6) is 0. The van der Waals surface area contributed by atoms with Crippen LogP contribution < -0.4 is 5.32 Å². The molecule has 18 heavy (non-hydrogen) atoms. The first kappa shape index (κ1) is 14.3. The van der Waals surface area contributed by atoms with Gasteiger partial charge in [-0.3, -0.25) is 4.90 Å². The first-order valence-corrected chi connectivity index (χ1v) is 7.99. The SMILES string of the molecule is CCNC1CCCN(CC(C)N2CCCCC2)C1. The molecule has 0 aromatic heterocycles. The van der Waals surface area contributed by atoms with Crippen LogP contribution in [0, 0.1) is 0 Å². The number of hydrogen-bond donors (Lipinski definition) is 1. The molecule has 2 aliphatic heterocycles. The fourth-order valence-corrected chi connectivity index (χ4v) is 3.52. The first-order chi connectivity index (χ1) is 8.79. The molecule has 3 heteroatoms. The summed E-state index contributed by atoms with van der Waals surface area (Å²) in [6, 6.07) is 1.47. The lowest BCUT2D eigenvalue weighted by molar-refractivity contribution is 0.108. The lowest BCUT2D eigenvalue weighted by Gasteiger charge is -2.39. The van der Waals surface area contributed by atoms with E-state index in [1.807, 2.05) is 0 Å². The highest BCUT2D eigenvalue weighted by Crippen LogP contribution is 2.15. The van der Waals surface area contributed by atoms with Gasteiger partial charge in [-0.05, 0) is 58.8 Å². The van der Waals surface area contributed by atoms with Crippen LogP contribution in [0.5, 0.6) is 0 Å². The third kappa shape index (κ3) is 4.22. The number of nitrogens with zero attached hydrogens (tertiary/aromatic N) is 2. The Morgan fingerprint density at radius 1 is 1.11 bits per heavy atom. The van der Waals surface area contributed by atoms with Crippen molar-refractivity contribution in [2.75, 3.05) is 39.3 Å². The van der Waals surface area contributed by atoms with Gasteiger partial charge < -0.3 is 10.2 Å². The van der Waals surface area contributed by atoms with Crippen molar-refractivity contribution in [3.05, 3.63) is 0 Å². The number of likely N-dealkylation sites (tertiary alicyclic amines) is 2. The van der Waals surface area contributed by atoms with E-state index in [1.54, 1.807) is 0 Å². The van der Waals surface area contributed by atoms with Crippen LogP contribution in [0.15, 0.2) is 0 Å². The lowest BCUT2D eigenvalue weighted by Crippen LogP contribution is -2.50. The minimum absolute atomic E-state index is 0.734. The van der Waals surface area contributed by atoms with Gasteiger partial charge in [0.05, 0.1) is 0 Å². The van der Waals surface area contributed by atoms with Gasteiger partial charge in [0.2, 0.25) is 0 Å². The maximum Gasteiger partial charge on any atom is 0.0195 e. The summed E-state index contributed by atoms with van der Waals surface area (Å²) < 4.78 is 0. The highest BCUT2D eigenvalue weighted by molar-refractivity contribution is 4.81. The molecule has 106 valence electrons. The molecule has 2 fully saturated rings. The first-order valence-electron chi connectivity index (χ1n) is 7.99. The van der Waals surface area contributed by atoms with Gasteiger partial charge in [0, 0.05) is 25.2 Å². The van der Waals surface area contributed by atoms with E-state index in [0.29, 0.717) is 0 Å². The number of hydrogen-bond acceptors (Lipinski definition) is 3. The smallest absolute Gasteiger partial charge is 0.0195 e. The molecule has 0 aromatic carbocycles. The second-order valence-electron chi connectivity index (χ2n) is 6.10. The Balaban J connectivity index is 1.73. The van der Waals surface area contributed by atoms with E-state index in [-0.39, 0.29) is 0 Å². The van der Waals surface area contributed by atoms with E-state index in [0.717, 1.165) is 18.6 Å². The topological polar surface area (TPSA) is 18.5 Å². The van der Waals surface area contributed by atoms with Crippen molar-refractivity contribution < 1.29 is 0 Å². The van der Waals surface area contributed by atoms with Crippen molar-refractivity contribution in [2.24, 2.45) is 0 Å². The van der Waals surface area contributed by atoms with E-state index in [1.165, 1.54) is 64.8 Å². The van der Waals surface area contributed by atoms with Crippen LogP contribution in [-0.2, 0) is 0 Å². The molecule has 2 saturated heterocycles. The number of piperidine rings is 2. The van der Waals surface area contributed by atoms with Crippen LogP contribution in [0.25, 0.3) is 0 Å². The average molecular weight is 253 g/mol. The molecule has 2 rings (SSSR count). The summed E-state index contributed by atoms with van der Waals surface area (Å²) in [7, 11) is 0. The summed E-state index contributed by atoms with van der Waals surface area (Å²) in [6.07, 6.45) is 6.98. The Labute approximate surface area is 113 Å². The molecule has 0 aromatic rings. The van der Waals surface area contributed by atoms with Crippen molar-refractivity contribution in [1.29, 1.82) is 0 Å². The lowest BCUT2D eigenvalue weighted by atomic mass is 10.0. The minimum Gasteiger partial charge on any atom is -0.313 e. The van der Waals surface area contributed by atoms with Crippen LogP contribution in [-0.4, -0.2) is 61.2 Å². The normalized spacial score (nSPS) is 29.3. The van der Waals surface area contributed by atoms with Gasteiger partial charge >= 0.3 is 0 Å². The van der Waals surface area contributed by atoms with Crippen LogP contribution in [0.3, 0.4) is 0 Å². The molecule has 2 atom stereocenters. The van der Waals surface area contributed by atoms with Crippen molar-refractivity contribution in [1.82, 2.24) is 15.1 Å². The number of rotatable bonds is 5. The molecule has 2 heterocycles. The zero-order valence-electron chi connectivity index (χ0n) is 12.3. The third-order valence-corrected chi connectivity index (χ3v) is 4.53. The Morgan fingerprint density at radius 3 is 2.61 bits per heavy atom. The fraction of sp³-hybridized carbons (Fsp3) is 1.00. The minimum atomic E-state index is 0.734. The second kappa shape index (κ2) is 7.46. The highest BCUT2D eigenvalue weighted by atomic mass is 15.2. The molecular formula is C15H31N3.